The van der Waals surface area contributed by atoms with E-state index >= 15 is 0 Å². The van der Waals surface area contributed by atoms with Gasteiger partial charge < -0.3 is 21.4 Å². The average Bonchev–Trinajstić information content (AvgIpc) is 3.60. The van der Waals surface area contributed by atoms with Crippen molar-refractivity contribution >= 4 is 33.1 Å². The Morgan fingerprint density at radius 3 is 1.36 bits per heavy atom. The van der Waals surface area contributed by atoms with Crippen LogP contribution in [0.3, 0.4) is 0 Å². The van der Waals surface area contributed by atoms with Gasteiger partial charge in [-0.1, -0.05) is 26.0 Å². The molecule has 4 aromatic heterocycles. The minimum atomic E-state index is 0.184. The Balaban J connectivity index is 1.21. The normalized spacial score (nSPS) is 14.9. The van der Waals surface area contributed by atoms with Gasteiger partial charge >= 0.3 is 0 Å². The van der Waals surface area contributed by atoms with Gasteiger partial charge in [0.2, 0.25) is 0 Å². The fourth-order valence-corrected chi connectivity index (χ4v) is 5.27. The molecule has 0 radical (unpaired) electrons. The number of rotatable bonds is 10. The number of aromatic nitrogens is 6. The van der Waals surface area contributed by atoms with Crippen LogP contribution in [0, 0.1) is 11.8 Å². The van der Waals surface area contributed by atoms with Gasteiger partial charge in [-0.3, -0.25) is 0 Å². The maximum absolute atomic E-state index is 6.03. The van der Waals surface area contributed by atoms with Crippen molar-refractivity contribution < 1.29 is 0 Å². The van der Waals surface area contributed by atoms with E-state index in [1.165, 1.54) is 0 Å². The van der Waals surface area contributed by atoms with Gasteiger partial charge in [-0.2, -0.15) is 0 Å². The lowest BCUT2D eigenvalue weighted by Crippen LogP contribution is -2.24. The molecule has 8 heteroatoms. The van der Waals surface area contributed by atoms with Crippen molar-refractivity contribution in [3.63, 3.8) is 0 Å². The second kappa shape index (κ2) is 11.6. The van der Waals surface area contributed by atoms with Crippen molar-refractivity contribution in [2.24, 2.45) is 23.3 Å². The van der Waals surface area contributed by atoms with Crippen LogP contribution in [0.4, 0.5) is 0 Å². The van der Waals surface area contributed by atoms with Gasteiger partial charge in [-0.05, 0) is 87.1 Å². The summed E-state index contributed by atoms with van der Waals surface area (Å²) in [7, 11) is 0. The molecule has 8 nitrogen and oxygen atoms in total. The Morgan fingerprint density at radius 2 is 0.952 bits per heavy atom. The van der Waals surface area contributed by atoms with Crippen molar-refractivity contribution in [2.75, 3.05) is 0 Å². The summed E-state index contributed by atoms with van der Waals surface area (Å²) in [6, 6.07) is 21.1. The minimum Gasteiger partial charge on any atom is -0.342 e. The Kier molecular flexibility index (Phi) is 7.75. The van der Waals surface area contributed by atoms with E-state index in [1.807, 2.05) is 24.3 Å². The van der Waals surface area contributed by atoms with Crippen LogP contribution in [0.15, 0.2) is 60.7 Å². The molecule has 6 N–H and O–H groups in total. The highest BCUT2D eigenvalue weighted by Gasteiger charge is 2.13. The van der Waals surface area contributed by atoms with Crippen molar-refractivity contribution in [3.05, 3.63) is 72.3 Å². The van der Waals surface area contributed by atoms with Crippen LogP contribution in [-0.2, 0) is 12.8 Å². The third-order valence-electron chi connectivity index (χ3n) is 8.66. The zero-order valence-electron chi connectivity index (χ0n) is 24.9. The number of aryl methyl sites for hydroxylation is 2. The van der Waals surface area contributed by atoms with Gasteiger partial charge in [0.25, 0.3) is 0 Å². The van der Waals surface area contributed by atoms with E-state index in [0.717, 1.165) is 92.9 Å². The molecule has 0 saturated heterocycles. The van der Waals surface area contributed by atoms with Gasteiger partial charge in [0.05, 0.1) is 44.5 Å². The fraction of sp³-hybridized carbons (Fsp3) is 0.353. The molecule has 0 aliphatic rings. The van der Waals surface area contributed by atoms with Crippen LogP contribution in [-0.4, -0.2) is 42.0 Å². The average molecular weight is 561 g/mol. The van der Waals surface area contributed by atoms with Gasteiger partial charge in [0, 0.05) is 36.1 Å². The van der Waals surface area contributed by atoms with E-state index in [1.54, 1.807) is 0 Å². The number of imidazole rings is 2. The standard InChI is InChI=1S/C34H40N8/c1-19(21(3)35)5-15-33-39-29-9-7-23(17-31(29)41-33)25-11-13-28-27(37-25)14-12-26(38-28)24-8-10-30-32(18-24)42-34(40-30)16-6-20(2)22(4)36/h7-14,17-22H,5-6,15-16,35-36H2,1-4H3,(H,39,41)(H,40,42)/t19-,20?,21?,22-/m1/s1. The Hall–Kier alpha value is -4.14. The van der Waals surface area contributed by atoms with Crippen LogP contribution < -0.4 is 11.5 Å². The Labute approximate surface area is 246 Å². The quantitative estimate of drug-likeness (QED) is 0.150. The predicted molar refractivity (Wildman–Crippen MR) is 172 cm³/mol. The number of hydrogen-bond donors (Lipinski definition) is 4. The zero-order chi connectivity index (χ0) is 29.4. The Morgan fingerprint density at radius 1 is 0.548 bits per heavy atom. The summed E-state index contributed by atoms with van der Waals surface area (Å²) in [6.45, 7) is 8.50. The van der Waals surface area contributed by atoms with Crippen LogP contribution in [0.5, 0.6) is 0 Å². The molecule has 4 heterocycles. The number of hydrogen-bond acceptors (Lipinski definition) is 6. The van der Waals surface area contributed by atoms with Crippen molar-refractivity contribution in [1.82, 2.24) is 29.9 Å². The van der Waals surface area contributed by atoms with E-state index in [2.05, 4.69) is 74.1 Å². The highest BCUT2D eigenvalue weighted by atomic mass is 14.9. The molecule has 4 atom stereocenters. The van der Waals surface area contributed by atoms with E-state index in [0.29, 0.717) is 11.8 Å². The summed E-state index contributed by atoms with van der Waals surface area (Å²) < 4.78 is 0. The monoisotopic (exact) mass is 560 g/mol. The van der Waals surface area contributed by atoms with E-state index in [-0.39, 0.29) is 12.1 Å². The molecule has 0 aliphatic heterocycles. The third-order valence-corrected chi connectivity index (χ3v) is 8.66. The molecule has 0 spiro atoms. The molecule has 2 aromatic carbocycles. The van der Waals surface area contributed by atoms with Crippen molar-refractivity contribution in [3.8, 4) is 22.5 Å². The molecule has 42 heavy (non-hydrogen) atoms. The fourth-order valence-electron chi connectivity index (χ4n) is 5.27. The molecule has 216 valence electrons. The summed E-state index contributed by atoms with van der Waals surface area (Å²) >= 11 is 0. The van der Waals surface area contributed by atoms with Gasteiger partial charge in [-0.15, -0.1) is 0 Å². The first-order valence-electron chi connectivity index (χ1n) is 15.0. The van der Waals surface area contributed by atoms with E-state index in [4.69, 9.17) is 31.4 Å². The number of H-pyrrole nitrogens is 2. The number of nitrogens with zero attached hydrogens (tertiary/aromatic N) is 4. The molecular weight excluding hydrogens is 520 g/mol. The van der Waals surface area contributed by atoms with Crippen LogP contribution in [0.25, 0.3) is 55.6 Å². The molecule has 0 aliphatic carbocycles. The second-order valence-corrected chi connectivity index (χ2v) is 12.0. The molecule has 0 saturated carbocycles. The van der Waals surface area contributed by atoms with Crippen LogP contribution in [0.1, 0.15) is 52.2 Å². The Bertz CT molecular complexity index is 1710. The molecule has 2 unspecified atom stereocenters. The summed E-state index contributed by atoms with van der Waals surface area (Å²) in [4.78, 5) is 26.4. The highest BCUT2D eigenvalue weighted by Crippen LogP contribution is 2.27. The van der Waals surface area contributed by atoms with Crippen molar-refractivity contribution in [1.29, 1.82) is 0 Å². The lowest BCUT2D eigenvalue weighted by atomic mass is 9.99. The van der Waals surface area contributed by atoms with Crippen LogP contribution in [0.2, 0.25) is 0 Å². The first-order valence-corrected chi connectivity index (χ1v) is 15.0. The van der Waals surface area contributed by atoms with Crippen molar-refractivity contribution in [2.45, 2.75) is 65.5 Å². The number of nitrogens with two attached hydrogens (primary N) is 2. The molecular formula is C34H40N8. The number of benzene rings is 2. The smallest absolute Gasteiger partial charge is 0.107 e. The topological polar surface area (TPSA) is 135 Å². The van der Waals surface area contributed by atoms with Crippen LogP contribution >= 0.6 is 0 Å². The van der Waals surface area contributed by atoms with E-state index < -0.39 is 0 Å². The zero-order valence-corrected chi connectivity index (χ0v) is 24.9. The number of aromatic amines is 2. The number of fused-ring (bicyclic) bond motifs is 3. The lowest BCUT2D eigenvalue weighted by molar-refractivity contribution is 0.447. The molecule has 0 fully saturated rings. The SMILES string of the molecule is CC(N)[C@H](C)CCc1nc2ccc(-c3ccc4nc(-c5ccc6nc(CCC(C)[C@@H](C)N)[nH]c6c5)ccc4n3)cc2[nH]1. The first-order chi connectivity index (χ1) is 20.2. The summed E-state index contributed by atoms with van der Waals surface area (Å²) in [5.41, 5.74) is 21.7. The minimum absolute atomic E-state index is 0.184. The first kappa shape index (κ1) is 28.0. The molecule has 6 rings (SSSR count). The lowest BCUT2D eigenvalue weighted by Gasteiger charge is -2.13. The number of pyridine rings is 2. The summed E-state index contributed by atoms with van der Waals surface area (Å²) in [6.07, 6.45) is 3.79. The molecule has 6 aromatic rings. The van der Waals surface area contributed by atoms with Gasteiger partial charge in [0.1, 0.15) is 11.6 Å². The van der Waals surface area contributed by atoms with Gasteiger partial charge in [-0.25, -0.2) is 19.9 Å². The predicted octanol–water partition coefficient (Wildman–Crippen LogP) is 6.55. The maximum atomic E-state index is 6.03. The maximum Gasteiger partial charge on any atom is 0.107 e. The third kappa shape index (κ3) is 5.91. The molecule has 0 bridgehead atoms. The largest absolute Gasteiger partial charge is 0.342 e. The van der Waals surface area contributed by atoms with Gasteiger partial charge in [0.15, 0.2) is 0 Å². The summed E-state index contributed by atoms with van der Waals surface area (Å²) in [5, 5.41) is 0. The second-order valence-electron chi connectivity index (χ2n) is 12.0. The highest BCUT2D eigenvalue weighted by molar-refractivity contribution is 5.86. The summed E-state index contributed by atoms with van der Waals surface area (Å²) in [5.74, 6) is 2.91. The molecule has 0 amide bonds. The number of nitrogens with one attached hydrogen (secondary N) is 2. The van der Waals surface area contributed by atoms with E-state index in [9.17, 15) is 0 Å².